The lowest BCUT2D eigenvalue weighted by atomic mass is 9.92. The van der Waals surface area contributed by atoms with Crippen molar-refractivity contribution in [2.75, 3.05) is 26.3 Å². The number of ether oxygens (including phenoxy) is 1. The molecule has 0 aromatic heterocycles. The Morgan fingerprint density at radius 3 is 2.74 bits per heavy atom. The third-order valence-corrected chi connectivity index (χ3v) is 3.83. The molecule has 0 fully saturated rings. The Kier molecular flexibility index (Phi) is 4.45. The second kappa shape index (κ2) is 5.90. The number of likely N-dealkylation sites (N-methyl/N-ethyl adjacent to an activating group) is 1. The molecular formula is C15H23NO3. The molecule has 0 aliphatic carbocycles. The topological polar surface area (TPSA) is 52.9 Å². The van der Waals surface area contributed by atoms with E-state index in [1.807, 2.05) is 26.8 Å². The van der Waals surface area contributed by atoms with E-state index in [9.17, 15) is 5.11 Å². The molecule has 0 bridgehead atoms. The first-order chi connectivity index (χ1) is 9.08. The minimum Gasteiger partial charge on any atom is -0.491 e. The van der Waals surface area contributed by atoms with Crippen LogP contribution in [0.4, 0.5) is 0 Å². The number of rotatable bonds is 4. The van der Waals surface area contributed by atoms with Crippen molar-refractivity contribution in [3.05, 3.63) is 28.8 Å². The van der Waals surface area contributed by atoms with Crippen LogP contribution in [0, 0.1) is 13.8 Å². The first-order valence-corrected chi connectivity index (χ1v) is 6.85. The van der Waals surface area contributed by atoms with Crippen molar-refractivity contribution >= 4 is 0 Å². The van der Waals surface area contributed by atoms with Crippen LogP contribution in [0.5, 0.6) is 5.75 Å². The van der Waals surface area contributed by atoms with E-state index >= 15 is 0 Å². The van der Waals surface area contributed by atoms with Crippen LogP contribution in [0.3, 0.4) is 0 Å². The summed E-state index contributed by atoms with van der Waals surface area (Å²) >= 11 is 0. The first-order valence-electron chi connectivity index (χ1n) is 6.85. The number of benzene rings is 1. The van der Waals surface area contributed by atoms with Gasteiger partial charge in [0.05, 0.1) is 12.6 Å². The van der Waals surface area contributed by atoms with Gasteiger partial charge in [0.1, 0.15) is 18.5 Å². The highest BCUT2D eigenvalue weighted by Gasteiger charge is 2.34. The Hall–Kier alpha value is -1.10. The zero-order valence-corrected chi connectivity index (χ0v) is 11.9. The zero-order valence-electron chi connectivity index (χ0n) is 11.9. The SMILES string of the molecule is CCN(CCO)C1COc2cc(C)cc(C)c2C1O. The molecule has 0 radical (unpaired) electrons. The Morgan fingerprint density at radius 1 is 1.37 bits per heavy atom. The lowest BCUT2D eigenvalue weighted by Gasteiger charge is -2.38. The van der Waals surface area contributed by atoms with Crippen molar-refractivity contribution in [2.24, 2.45) is 0 Å². The molecule has 106 valence electrons. The summed E-state index contributed by atoms with van der Waals surface area (Å²) in [5.74, 6) is 0.793. The normalized spacial score (nSPS) is 22.2. The Labute approximate surface area is 114 Å². The van der Waals surface area contributed by atoms with E-state index in [1.165, 1.54) is 0 Å². The van der Waals surface area contributed by atoms with E-state index in [4.69, 9.17) is 9.84 Å². The molecule has 1 aliphatic heterocycles. The highest BCUT2D eigenvalue weighted by Crippen LogP contribution is 2.37. The van der Waals surface area contributed by atoms with Crippen LogP contribution in [0.15, 0.2) is 12.1 Å². The molecule has 1 aliphatic rings. The van der Waals surface area contributed by atoms with Gasteiger partial charge in [-0.15, -0.1) is 0 Å². The van der Waals surface area contributed by atoms with Gasteiger partial charge in [-0.25, -0.2) is 0 Å². The number of aliphatic hydroxyl groups excluding tert-OH is 2. The van der Waals surface area contributed by atoms with Gasteiger partial charge in [0.2, 0.25) is 0 Å². The number of aliphatic hydroxyl groups is 2. The van der Waals surface area contributed by atoms with Crippen LogP contribution in [-0.2, 0) is 0 Å². The number of hydrogen-bond donors (Lipinski definition) is 2. The molecule has 1 aromatic rings. The van der Waals surface area contributed by atoms with Crippen LogP contribution in [-0.4, -0.2) is 47.5 Å². The van der Waals surface area contributed by atoms with Crippen LogP contribution in [0.25, 0.3) is 0 Å². The molecule has 0 saturated carbocycles. The number of hydrogen-bond acceptors (Lipinski definition) is 4. The molecule has 2 atom stereocenters. The van der Waals surface area contributed by atoms with Crippen LogP contribution < -0.4 is 4.74 Å². The minimum atomic E-state index is -0.559. The second-order valence-electron chi connectivity index (χ2n) is 5.17. The van der Waals surface area contributed by atoms with Crippen molar-refractivity contribution < 1.29 is 14.9 Å². The summed E-state index contributed by atoms with van der Waals surface area (Å²) in [7, 11) is 0. The van der Waals surface area contributed by atoms with Gasteiger partial charge in [0, 0.05) is 12.1 Å². The Bertz CT molecular complexity index is 447. The summed E-state index contributed by atoms with van der Waals surface area (Å²) < 4.78 is 5.81. The van der Waals surface area contributed by atoms with Gasteiger partial charge in [-0.1, -0.05) is 13.0 Å². The summed E-state index contributed by atoms with van der Waals surface area (Å²) in [5.41, 5.74) is 3.09. The molecule has 0 saturated heterocycles. The highest BCUT2D eigenvalue weighted by molar-refractivity contribution is 5.46. The molecular weight excluding hydrogens is 242 g/mol. The van der Waals surface area contributed by atoms with E-state index in [0.717, 1.165) is 29.0 Å². The summed E-state index contributed by atoms with van der Waals surface area (Å²) in [4.78, 5) is 2.06. The molecule has 2 N–H and O–H groups in total. The number of aryl methyl sites for hydroxylation is 2. The molecule has 2 rings (SSSR count). The first kappa shape index (κ1) is 14.3. The zero-order chi connectivity index (χ0) is 14.0. The van der Waals surface area contributed by atoms with Crippen molar-refractivity contribution in [1.82, 2.24) is 4.90 Å². The van der Waals surface area contributed by atoms with Gasteiger partial charge >= 0.3 is 0 Å². The fourth-order valence-corrected chi connectivity index (χ4v) is 2.89. The third kappa shape index (κ3) is 2.76. The van der Waals surface area contributed by atoms with Gasteiger partial charge in [-0.2, -0.15) is 0 Å². The monoisotopic (exact) mass is 265 g/mol. The molecule has 1 heterocycles. The Balaban J connectivity index is 2.30. The summed E-state index contributed by atoms with van der Waals surface area (Å²) in [5, 5.41) is 19.7. The van der Waals surface area contributed by atoms with E-state index < -0.39 is 6.10 Å². The molecule has 1 aromatic carbocycles. The molecule has 2 unspecified atom stereocenters. The van der Waals surface area contributed by atoms with Gasteiger partial charge in [-0.3, -0.25) is 4.90 Å². The maximum atomic E-state index is 10.6. The lowest BCUT2D eigenvalue weighted by molar-refractivity contribution is -0.000767. The second-order valence-corrected chi connectivity index (χ2v) is 5.17. The average molecular weight is 265 g/mol. The van der Waals surface area contributed by atoms with Gasteiger partial charge < -0.3 is 14.9 Å². The molecule has 4 nitrogen and oxygen atoms in total. The van der Waals surface area contributed by atoms with Crippen molar-refractivity contribution in [1.29, 1.82) is 0 Å². The molecule has 0 amide bonds. The summed E-state index contributed by atoms with van der Waals surface area (Å²) in [6.45, 7) is 7.96. The van der Waals surface area contributed by atoms with Crippen LogP contribution in [0.2, 0.25) is 0 Å². The van der Waals surface area contributed by atoms with Crippen molar-refractivity contribution in [3.63, 3.8) is 0 Å². The fraction of sp³-hybridized carbons (Fsp3) is 0.600. The smallest absolute Gasteiger partial charge is 0.125 e. The largest absolute Gasteiger partial charge is 0.491 e. The van der Waals surface area contributed by atoms with E-state index in [2.05, 4.69) is 11.0 Å². The molecule has 19 heavy (non-hydrogen) atoms. The summed E-state index contributed by atoms with van der Waals surface area (Å²) in [6, 6.07) is 3.95. The quantitative estimate of drug-likeness (QED) is 0.864. The minimum absolute atomic E-state index is 0.0916. The van der Waals surface area contributed by atoms with Crippen LogP contribution in [0.1, 0.15) is 29.7 Å². The maximum Gasteiger partial charge on any atom is 0.125 e. The molecule has 0 spiro atoms. The fourth-order valence-electron chi connectivity index (χ4n) is 2.89. The van der Waals surface area contributed by atoms with E-state index in [-0.39, 0.29) is 12.6 Å². The van der Waals surface area contributed by atoms with Gasteiger partial charge in [0.15, 0.2) is 0 Å². The maximum absolute atomic E-state index is 10.6. The number of nitrogens with zero attached hydrogens (tertiary/aromatic N) is 1. The van der Waals surface area contributed by atoms with Crippen molar-refractivity contribution in [3.8, 4) is 5.75 Å². The standard InChI is InChI=1S/C15H23NO3/c1-4-16(5-6-17)12-9-19-13-8-10(2)7-11(3)14(13)15(12)18/h7-8,12,15,17-18H,4-6,9H2,1-3H3. The van der Waals surface area contributed by atoms with Crippen LogP contribution >= 0.6 is 0 Å². The lowest BCUT2D eigenvalue weighted by Crippen LogP contribution is -2.47. The third-order valence-electron chi connectivity index (χ3n) is 3.83. The molecule has 4 heteroatoms. The predicted octanol–water partition coefficient (Wildman–Crippen LogP) is 1.41. The van der Waals surface area contributed by atoms with Crippen molar-refractivity contribution in [2.45, 2.75) is 32.9 Å². The van der Waals surface area contributed by atoms with E-state index in [1.54, 1.807) is 0 Å². The van der Waals surface area contributed by atoms with Gasteiger partial charge in [0.25, 0.3) is 0 Å². The summed E-state index contributed by atoms with van der Waals surface area (Å²) in [6.07, 6.45) is -0.559. The number of fused-ring (bicyclic) bond motifs is 1. The Morgan fingerprint density at radius 2 is 2.11 bits per heavy atom. The highest BCUT2D eigenvalue weighted by atomic mass is 16.5. The predicted molar refractivity (Wildman–Crippen MR) is 74.5 cm³/mol. The van der Waals surface area contributed by atoms with E-state index in [0.29, 0.717) is 13.2 Å². The van der Waals surface area contributed by atoms with Gasteiger partial charge in [-0.05, 0) is 37.6 Å². The average Bonchev–Trinajstić information content (AvgIpc) is 2.36.